The van der Waals surface area contributed by atoms with Crippen molar-refractivity contribution >= 4 is 28.4 Å². The first-order valence-electron chi connectivity index (χ1n) is 12.1. The number of aliphatic hydroxyl groups is 1. The smallest absolute Gasteiger partial charge is 0.238 e. The number of carbonyl (C=O) groups excluding carboxylic acids is 3. The molecule has 0 spiro atoms. The fourth-order valence-corrected chi connectivity index (χ4v) is 5.38. The molecule has 9 nitrogen and oxygen atoms in total. The van der Waals surface area contributed by atoms with Crippen molar-refractivity contribution < 1.29 is 23.9 Å². The number of amides is 1. The van der Waals surface area contributed by atoms with E-state index in [0.717, 1.165) is 17.5 Å². The Bertz CT molecular complexity index is 1320. The summed E-state index contributed by atoms with van der Waals surface area (Å²) in [5.41, 5.74) is 1.02. The van der Waals surface area contributed by atoms with E-state index in [0.29, 0.717) is 29.4 Å². The molecule has 3 aromatic rings. The Kier molecular flexibility index (Phi) is 6.40. The number of halogens is 1. The molecule has 10 heteroatoms. The first kappa shape index (κ1) is 24.2. The van der Waals surface area contributed by atoms with Crippen LogP contribution in [0.4, 0.5) is 4.39 Å². The highest BCUT2D eigenvalue weighted by molar-refractivity contribution is 6.08. The van der Waals surface area contributed by atoms with E-state index in [2.05, 4.69) is 20.8 Å². The van der Waals surface area contributed by atoms with Gasteiger partial charge in [-0.05, 0) is 50.1 Å². The Morgan fingerprint density at radius 2 is 2.08 bits per heavy atom. The van der Waals surface area contributed by atoms with Crippen LogP contribution in [0.15, 0.2) is 42.9 Å². The quantitative estimate of drug-likeness (QED) is 0.430. The minimum absolute atomic E-state index is 0.170. The molecule has 0 radical (unpaired) electrons. The maximum absolute atomic E-state index is 14.4. The zero-order valence-corrected chi connectivity index (χ0v) is 19.9. The molecule has 5 rings (SSSR count). The van der Waals surface area contributed by atoms with Crippen LogP contribution in [0.1, 0.15) is 43.0 Å². The zero-order valence-electron chi connectivity index (χ0n) is 19.9. The summed E-state index contributed by atoms with van der Waals surface area (Å²) in [5.74, 6) is -1.08. The van der Waals surface area contributed by atoms with E-state index in [1.807, 2.05) is 24.3 Å². The molecule has 1 aromatic carbocycles. The van der Waals surface area contributed by atoms with Crippen molar-refractivity contribution in [3.05, 3.63) is 48.4 Å². The molecule has 2 aliphatic rings. The third kappa shape index (κ3) is 4.31. The first-order valence-corrected chi connectivity index (χ1v) is 12.1. The number of benzene rings is 1. The average molecular weight is 494 g/mol. The molecular weight excluding hydrogens is 465 g/mol. The molecule has 2 fully saturated rings. The van der Waals surface area contributed by atoms with Gasteiger partial charge in [0.25, 0.3) is 0 Å². The van der Waals surface area contributed by atoms with Crippen molar-refractivity contribution in [2.24, 2.45) is 0 Å². The van der Waals surface area contributed by atoms with Gasteiger partial charge in [-0.1, -0.05) is 6.07 Å². The van der Waals surface area contributed by atoms with Crippen LogP contribution in [-0.4, -0.2) is 67.7 Å². The summed E-state index contributed by atoms with van der Waals surface area (Å²) in [4.78, 5) is 39.0. The van der Waals surface area contributed by atoms with Crippen LogP contribution >= 0.6 is 0 Å². The Hall–Kier alpha value is -3.50. The van der Waals surface area contributed by atoms with E-state index in [-0.39, 0.29) is 25.2 Å². The summed E-state index contributed by atoms with van der Waals surface area (Å²) in [6.45, 7) is 1.91. The van der Waals surface area contributed by atoms with Crippen molar-refractivity contribution in [3.63, 3.8) is 0 Å². The van der Waals surface area contributed by atoms with Crippen molar-refractivity contribution in [1.82, 2.24) is 25.4 Å². The predicted molar refractivity (Wildman–Crippen MR) is 130 cm³/mol. The Morgan fingerprint density at radius 1 is 1.25 bits per heavy atom. The van der Waals surface area contributed by atoms with Crippen LogP contribution in [0, 0.1) is 0 Å². The minimum atomic E-state index is -1.73. The zero-order chi connectivity index (χ0) is 25.4. The molecule has 1 aliphatic heterocycles. The Labute approximate surface area is 207 Å². The molecule has 4 atom stereocenters. The maximum Gasteiger partial charge on any atom is 0.238 e. The molecule has 1 saturated heterocycles. The van der Waals surface area contributed by atoms with Gasteiger partial charge in [0, 0.05) is 41.1 Å². The predicted octanol–water partition coefficient (Wildman–Crippen LogP) is 1.97. The number of hydrogen-bond donors (Lipinski definition) is 3. The summed E-state index contributed by atoms with van der Waals surface area (Å²) >= 11 is 0. The second kappa shape index (κ2) is 9.51. The van der Waals surface area contributed by atoms with Crippen molar-refractivity contribution in [3.8, 4) is 11.1 Å². The first-order chi connectivity index (χ1) is 17.3. The van der Waals surface area contributed by atoms with Gasteiger partial charge in [-0.3, -0.25) is 14.4 Å². The second-order valence-corrected chi connectivity index (χ2v) is 9.68. The summed E-state index contributed by atoms with van der Waals surface area (Å²) in [6, 6.07) is 6.85. The number of aliphatic hydroxyl groups excluding tert-OH is 1. The third-order valence-electron chi connectivity index (χ3n) is 7.30. The lowest BCUT2D eigenvalue weighted by molar-refractivity contribution is -0.137. The molecular formula is C26H28FN5O4. The van der Waals surface area contributed by atoms with Crippen LogP contribution in [0.2, 0.25) is 0 Å². The van der Waals surface area contributed by atoms with E-state index >= 15 is 0 Å². The summed E-state index contributed by atoms with van der Waals surface area (Å²) in [7, 11) is 0. The van der Waals surface area contributed by atoms with E-state index in [1.165, 1.54) is 6.92 Å². The standard InChI is InChI=1S/C26H28FN5O4/c1-15(33)20-13-32(22-5-4-16(9-19(20)22)17-6-8-29-30-12-17)14-24(35)26(11-18(27)10-23(26)34)31-25(36)21-3-2-7-28-21/h4-6,8-9,12-13,18,21,23,28,34H,2-3,7,10-11,14H2,1H3,(H,31,36)/t18?,21?,23-,26-/m1/s1. The van der Waals surface area contributed by atoms with E-state index in [4.69, 9.17) is 0 Å². The Morgan fingerprint density at radius 3 is 2.72 bits per heavy atom. The third-order valence-corrected chi connectivity index (χ3v) is 7.30. The molecule has 3 heterocycles. The number of ketones is 2. The number of fused-ring (bicyclic) bond motifs is 1. The molecule has 0 bridgehead atoms. The second-order valence-electron chi connectivity index (χ2n) is 9.68. The van der Waals surface area contributed by atoms with Crippen molar-refractivity contribution in [2.45, 2.75) is 63.0 Å². The summed E-state index contributed by atoms with van der Waals surface area (Å²) < 4.78 is 16.1. The maximum atomic E-state index is 14.4. The van der Waals surface area contributed by atoms with Crippen molar-refractivity contribution in [2.75, 3.05) is 6.54 Å². The van der Waals surface area contributed by atoms with Crippen LogP contribution in [0.5, 0.6) is 0 Å². The van der Waals surface area contributed by atoms with Gasteiger partial charge in [0.15, 0.2) is 11.6 Å². The number of nitrogens with one attached hydrogen (secondary N) is 2. The van der Waals surface area contributed by atoms with Crippen molar-refractivity contribution in [1.29, 1.82) is 0 Å². The van der Waals surface area contributed by atoms with Gasteiger partial charge in [-0.15, -0.1) is 0 Å². The number of rotatable bonds is 7. The lowest BCUT2D eigenvalue weighted by Crippen LogP contribution is -2.62. The molecule has 2 aromatic heterocycles. The number of nitrogens with zero attached hydrogens (tertiary/aromatic N) is 3. The number of hydrogen-bond acceptors (Lipinski definition) is 7. The fraction of sp³-hybridized carbons (Fsp3) is 0.423. The van der Waals surface area contributed by atoms with Gasteiger partial charge in [0.2, 0.25) is 5.91 Å². The van der Waals surface area contributed by atoms with Crippen LogP contribution < -0.4 is 10.6 Å². The highest BCUT2D eigenvalue weighted by atomic mass is 19.1. The number of Topliss-reactive ketones (excluding diaryl/α,β-unsaturated/α-hetero) is 2. The highest BCUT2D eigenvalue weighted by Crippen LogP contribution is 2.35. The van der Waals surface area contributed by atoms with E-state index in [9.17, 15) is 23.9 Å². The van der Waals surface area contributed by atoms with Crippen LogP contribution in [0.3, 0.4) is 0 Å². The van der Waals surface area contributed by atoms with E-state index < -0.39 is 35.5 Å². The van der Waals surface area contributed by atoms with Gasteiger partial charge in [0.1, 0.15) is 11.7 Å². The topological polar surface area (TPSA) is 126 Å². The lowest BCUT2D eigenvalue weighted by atomic mass is 9.88. The normalized spacial score (nSPS) is 25.8. The minimum Gasteiger partial charge on any atom is -0.390 e. The van der Waals surface area contributed by atoms with E-state index in [1.54, 1.807) is 23.2 Å². The SMILES string of the molecule is CC(=O)c1cn(CC(=O)[C@@]2(NC(=O)C3CCCN3)CC(F)C[C@H]2O)c2ccc(-c3ccnnc3)cc12. The van der Waals surface area contributed by atoms with Gasteiger partial charge < -0.3 is 20.3 Å². The largest absolute Gasteiger partial charge is 0.390 e. The molecule has 2 unspecified atom stereocenters. The molecule has 188 valence electrons. The van der Waals surface area contributed by atoms with Gasteiger partial charge >= 0.3 is 0 Å². The summed E-state index contributed by atoms with van der Waals surface area (Å²) in [5, 5.41) is 24.9. The van der Waals surface area contributed by atoms with Gasteiger partial charge in [-0.25, -0.2) is 4.39 Å². The summed E-state index contributed by atoms with van der Waals surface area (Å²) in [6.07, 6.45) is 2.98. The lowest BCUT2D eigenvalue weighted by Gasteiger charge is -2.33. The molecule has 1 saturated carbocycles. The number of carbonyl (C=O) groups is 3. The molecule has 36 heavy (non-hydrogen) atoms. The van der Waals surface area contributed by atoms with Crippen LogP contribution in [-0.2, 0) is 16.1 Å². The number of alkyl halides is 1. The van der Waals surface area contributed by atoms with Gasteiger partial charge in [-0.2, -0.15) is 10.2 Å². The highest BCUT2D eigenvalue weighted by Gasteiger charge is 2.53. The fourth-order valence-electron chi connectivity index (χ4n) is 5.38. The molecule has 3 N–H and O–H groups in total. The molecule has 1 amide bonds. The average Bonchev–Trinajstić information content (AvgIpc) is 3.58. The monoisotopic (exact) mass is 493 g/mol. The Balaban J connectivity index is 1.49. The van der Waals surface area contributed by atoms with Crippen LogP contribution in [0.25, 0.3) is 22.0 Å². The number of aromatic nitrogens is 3. The molecule has 1 aliphatic carbocycles. The van der Waals surface area contributed by atoms with Gasteiger partial charge in [0.05, 0.1) is 31.1 Å².